The summed E-state index contributed by atoms with van der Waals surface area (Å²) in [6.07, 6.45) is 0.546. The van der Waals surface area contributed by atoms with E-state index < -0.39 is 23.9 Å². The number of amides is 2. The van der Waals surface area contributed by atoms with Crippen LogP contribution in [0.5, 0.6) is 0 Å². The predicted molar refractivity (Wildman–Crippen MR) is 126 cm³/mol. The van der Waals surface area contributed by atoms with Crippen LogP contribution in [0.1, 0.15) is 28.7 Å². The number of benzene rings is 1. The Morgan fingerprint density at radius 2 is 2.00 bits per heavy atom. The Labute approximate surface area is 199 Å². The highest BCUT2D eigenvalue weighted by molar-refractivity contribution is 9.10. The first-order chi connectivity index (χ1) is 15.7. The number of rotatable bonds is 7. The minimum absolute atomic E-state index is 0.0449. The van der Waals surface area contributed by atoms with Gasteiger partial charge < -0.3 is 11.1 Å². The minimum atomic E-state index is -2.80. The molecule has 0 aliphatic heterocycles. The molecule has 2 amide bonds. The Hall–Kier alpha value is -3.18. The molecule has 4 aromatic rings. The molecule has 170 valence electrons. The van der Waals surface area contributed by atoms with E-state index in [1.54, 1.807) is 54.3 Å². The number of nitrogens with one attached hydrogen (secondary N) is 1. The second kappa shape index (κ2) is 9.36. The molecule has 0 radical (unpaired) electrons. The van der Waals surface area contributed by atoms with Crippen LogP contribution in [-0.2, 0) is 11.3 Å². The Morgan fingerprint density at radius 1 is 1.27 bits per heavy atom. The van der Waals surface area contributed by atoms with E-state index in [0.717, 1.165) is 15.8 Å². The van der Waals surface area contributed by atoms with Gasteiger partial charge in [0.1, 0.15) is 15.4 Å². The maximum Gasteiger partial charge on any atom is 0.280 e. The molecule has 3 N–H and O–H groups in total. The summed E-state index contributed by atoms with van der Waals surface area (Å²) in [5, 5.41) is 7.33. The highest BCUT2D eigenvalue weighted by atomic mass is 79.9. The van der Waals surface area contributed by atoms with Crippen molar-refractivity contribution in [3.63, 3.8) is 0 Å². The van der Waals surface area contributed by atoms with Crippen LogP contribution in [0.2, 0.25) is 0 Å². The number of anilines is 1. The number of hydrogen-bond acceptors (Lipinski definition) is 5. The van der Waals surface area contributed by atoms with Gasteiger partial charge in [-0.05, 0) is 33.1 Å². The summed E-state index contributed by atoms with van der Waals surface area (Å²) in [4.78, 5) is 29.5. The lowest BCUT2D eigenvalue weighted by Crippen LogP contribution is -2.25. The smallest absolute Gasteiger partial charge is 0.280 e. The summed E-state index contributed by atoms with van der Waals surface area (Å²) in [7, 11) is 0. The predicted octanol–water partition coefficient (Wildman–Crippen LogP) is 5.23. The lowest BCUT2D eigenvalue weighted by molar-refractivity contribution is -0.119. The lowest BCUT2D eigenvalue weighted by Gasteiger charge is -2.14. The van der Waals surface area contributed by atoms with Gasteiger partial charge in [-0.25, -0.2) is 13.8 Å². The summed E-state index contributed by atoms with van der Waals surface area (Å²) in [6.45, 7) is 2.01. The molecule has 11 heteroatoms. The monoisotopic (exact) mass is 533 g/mol. The van der Waals surface area contributed by atoms with Crippen molar-refractivity contribution in [1.29, 1.82) is 0 Å². The summed E-state index contributed by atoms with van der Waals surface area (Å²) in [6, 6.07) is 10.1. The molecule has 0 spiro atoms. The van der Waals surface area contributed by atoms with Gasteiger partial charge in [-0.1, -0.05) is 37.3 Å². The number of fused-ring (bicyclic) bond motifs is 1. The van der Waals surface area contributed by atoms with Crippen LogP contribution < -0.4 is 11.1 Å². The normalized spacial score (nSPS) is 12.3. The highest BCUT2D eigenvalue weighted by Crippen LogP contribution is 2.42. The standard InChI is InChI=1S/C22H18BrF2N5O2S/c1-11(9-30-10-13(23)8-27-30)21(32)29-17-16-14(12-5-3-2-4-6-12)7-15(19(24)25)28-22(16)33-18(17)20(26)31/h2-8,10-11,19H,9H2,1H3,(H2,26,31)(H,29,32). The van der Waals surface area contributed by atoms with Crippen molar-refractivity contribution >= 4 is 55.0 Å². The SMILES string of the molecule is CC(Cn1cc(Br)cn1)C(=O)Nc1c(C(N)=O)sc2nc(C(F)F)cc(-c3ccccc3)c12. The van der Waals surface area contributed by atoms with Crippen LogP contribution in [0.25, 0.3) is 21.3 Å². The minimum Gasteiger partial charge on any atom is -0.365 e. The molecule has 1 unspecified atom stereocenters. The van der Waals surface area contributed by atoms with Gasteiger partial charge >= 0.3 is 0 Å². The molecule has 1 aromatic carbocycles. The second-order valence-corrected chi connectivity index (χ2v) is 9.30. The number of carbonyl (C=O) groups excluding carboxylic acids is 2. The first-order valence-corrected chi connectivity index (χ1v) is 11.4. The third kappa shape index (κ3) is 4.79. The maximum absolute atomic E-state index is 13.6. The molecule has 0 bridgehead atoms. The number of alkyl halides is 2. The zero-order chi connectivity index (χ0) is 23.7. The summed E-state index contributed by atoms with van der Waals surface area (Å²) >= 11 is 4.19. The Balaban J connectivity index is 1.81. The number of nitrogens with two attached hydrogens (primary N) is 1. The van der Waals surface area contributed by atoms with Crippen LogP contribution in [0.3, 0.4) is 0 Å². The number of carbonyl (C=O) groups is 2. The first-order valence-electron chi connectivity index (χ1n) is 9.84. The molecule has 7 nitrogen and oxygen atoms in total. The molecule has 1 atom stereocenters. The number of hydrogen-bond donors (Lipinski definition) is 2. The molecule has 3 aromatic heterocycles. The van der Waals surface area contributed by atoms with Gasteiger partial charge in [0.2, 0.25) is 5.91 Å². The summed E-state index contributed by atoms with van der Waals surface area (Å²) < 4.78 is 29.5. The van der Waals surface area contributed by atoms with E-state index in [4.69, 9.17) is 5.73 Å². The number of aromatic nitrogens is 3. The zero-order valence-corrected chi connectivity index (χ0v) is 19.7. The molecular formula is C22H18BrF2N5O2S. The fraction of sp³-hybridized carbons (Fsp3) is 0.182. The Kier molecular flexibility index (Phi) is 6.52. The van der Waals surface area contributed by atoms with Gasteiger partial charge in [0, 0.05) is 11.6 Å². The van der Waals surface area contributed by atoms with E-state index in [-0.39, 0.29) is 21.3 Å². The van der Waals surface area contributed by atoms with Gasteiger partial charge in [0.25, 0.3) is 12.3 Å². The average Bonchev–Trinajstić information content (AvgIpc) is 3.36. The molecule has 3 heterocycles. The van der Waals surface area contributed by atoms with Crippen molar-refractivity contribution in [3.05, 3.63) is 63.8 Å². The van der Waals surface area contributed by atoms with Crippen molar-refractivity contribution in [1.82, 2.24) is 14.8 Å². The molecule has 33 heavy (non-hydrogen) atoms. The van der Waals surface area contributed by atoms with Crippen LogP contribution in [0, 0.1) is 5.92 Å². The van der Waals surface area contributed by atoms with Crippen LogP contribution in [-0.4, -0.2) is 26.6 Å². The number of nitrogens with zero attached hydrogens (tertiary/aromatic N) is 3. The van der Waals surface area contributed by atoms with Gasteiger partial charge in [-0.2, -0.15) is 5.10 Å². The molecule has 0 fully saturated rings. The number of thiophene rings is 1. The number of halogens is 3. The third-order valence-corrected chi connectivity index (χ3v) is 6.48. The van der Waals surface area contributed by atoms with Crippen molar-refractivity contribution in [3.8, 4) is 11.1 Å². The van der Waals surface area contributed by atoms with Gasteiger partial charge in [-0.3, -0.25) is 14.3 Å². The quantitative estimate of drug-likeness (QED) is 0.339. The third-order valence-electron chi connectivity index (χ3n) is 4.97. The van der Waals surface area contributed by atoms with E-state index in [0.29, 0.717) is 23.1 Å². The van der Waals surface area contributed by atoms with E-state index in [1.807, 2.05) is 0 Å². The Bertz CT molecular complexity index is 1340. The maximum atomic E-state index is 13.6. The van der Waals surface area contributed by atoms with E-state index >= 15 is 0 Å². The molecule has 0 aliphatic rings. The molecule has 0 aliphatic carbocycles. The molecular weight excluding hydrogens is 516 g/mol. The highest BCUT2D eigenvalue weighted by Gasteiger charge is 2.26. The van der Waals surface area contributed by atoms with Crippen LogP contribution in [0.15, 0.2) is 53.3 Å². The topological polar surface area (TPSA) is 103 Å². The number of primary amides is 1. The van der Waals surface area contributed by atoms with E-state index in [9.17, 15) is 18.4 Å². The first kappa shape index (κ1) is 23.0. The zero-order valence-electron chi connectivity index (χ0n) is 17.3. The van der Waals surface area contributed by atoms with Crippen LogP contribution >= 0.6 is 27.3 Å². The summed E-state index contributed by atoms with van der Waals surface area (Å²) in [5.41, 5.74) is 6.39. The van der Waals surface area contributed by atoms with E-state index in [2.05, 4.69) is 31.3 Å². The molecule has 0 saturated heterocycles. The average molecular weight is 534 g/mol. The molecule has 4 rings (SSSR count). The van der Waals surface area contributed by atoms with Crippen molar-refractivity contribution in [2.24, 2.45) is 11.7 Å². The number of pyridine rings is 1. The van der Waals surface area contributed by atoms with Crippen molar-refractivity contribution < 1.29 is 18.4 Å². The second-order valence-electron chi connectivity index (χ2n) is 7.38. The fourth-order valence-corrected chi connectivity index (χ4v) is 4.76. The lowest BCUT2D eigenvalue weighted by atomic mass is 10.0. The largest absolute Gasteiger partial charge is 0.365 e. The Morgan fingerprint density at radius 3 is 2.61 bits per heavy atom. The van der Waals surface area contributed by atoms with Gasteiger partial charge in [0.15, 0.2) is 0 Å². The van der Waals surface area contributed by atoms with E-state index in [1.165, 1.54) is 6.07 Å². The molecule has 0 saturated carbocycles. The van der Waals surface area contributed by atoms with Crippen molar-refractivity contribution in [2.45, 2.75) is 19.9 Å². The van der Waals surface area contributed by atoms with Crippen molar-refractivity contribution in [2.75, 3.05) is 5.32 Å². The fourth-order valence-electron chi connectivity index (χ4n) is 3.42. The summed E-state index contributed by atoms with van der Waals surface area (Å²) in [5.74, 6) is -1.67. The van der Waals surface area contributed by atoms with Gasteiger partial charge in [-0.15, -0.1) is 11.3 Å². The van der Waals surface area contributed by atoms with Crippen LogP contribution in [0.4, 0.5) is 14.5 Å². The van der Waals surface area contributed by atoms with Gasteiger partial charge in [0.05, 0.1) is 28.8 Å².